The van der Waals surface area contributed by atoms with E-state index in [9.17, 15) is 9.59 Å². The van der Waals surface area contributed by atoms with E-state index in [-0.39, 0.29) is 5.56 Å². The smallest absolute Gasteiger partial charge is 0.351 e. The lowest BCUT2D eigenvalue weighted by atomic mass is 10.2. The van der Waals surface area contributed by atoms with Crippen molar-refractivity contribution in [1.82, 2.24) is 0 Å². The minimum Gasteiger partial charge on any atom is -0.462 e. The molecule has 21 heavy (non-hydrogen) atoms. The number of carbonyl (C=O) groups excluding carboxylic acids is 1. The van der Waals surface area contributed by atoms with Gasteiger partial charge in [0, 0.05) is 5.39 Å². The fourth-order valence-electron chi connectivity index (χ4n) is 2.01. The third kappa shape index (κ3) is 4.36. The highest BCUT2D eigenvalue weighted by Crippen LogP contribution is 2.13. The normalized spacial score (nSPS) is 10.7. The molecular weight excluding hydrogens is 288 g/mol. The summed E-state index contributed by atoms with van der Waals surface area (Å²) >= 11 is 4.14. The van der Waals surface area contributed by atoms with Gasteiger partial charge in [-0.3, -0.25) is 0 Å². The average Bonchev–Trinajstić information content (AvgIpc) is 2.49. The Morgan fingerprint density at radius 1 is 1.14 bits per heavy atom. The van der Waals surface area contributed by atoms with Gasteiger partial charge in [0.2, 0.25) is 0 Å². The SMILES string of the molecule is O=C(OCCCCCCS)c1cc2ccccc2oc1=O. The Kier molecular flexibility index (Phi) is 5.87. The van der Waals surface area contributed by atoms with Crippen LogP contribution in [0.25, 0.3) is 11.0 Å². The molecule has 0 saturated heterocycles. The predicted octanol–water partition coefficient (Wildman–Crippen LogP) is 3.44. The standard InChI is InChI=1S/C16H18O4S/c17-15(19-9-5-1-2-6-10-21)13-11-12-7-3-4-8-14(12)20-16(13)18/h3-4,7-8,11,21H,1-2,5-6,9-10H2. The maximum atomic E-state index is 11.9. The lowest BCUT2D eigenvalue weighted by molar-refractivity contribution is 0.0493. The molecule has 0 N–H and O–H groups in total. The van der Waals surface area contributed by atoms with Crippen molar-refractivity contribution >= 4 is 29.6 Å². The van der Waals surface area contributed by atoms with Crippen LogP contribution in [-0.4, -0.2) is 18.3 Å². The van der Waals surface area contributed by atoms with Crippen molar-refractivity contribution in [3.8, 4) is 0 Å². The molecule has 0 aliphatic heterocycles. The van der Waals surface area contributed by atoms with Gasteiger partial charge in [0.25, 0.3) is 0 Å². The molecular formula is C16H18O4S. The minimum atomic E-state index is -0.659. The first-order valence-corrected chi connectivity index (χ1v) is 7.66. The molecule has 4 nitrogen and oxygen atoms in total. The zero-order valence-corrected chi connectivity index (χ0v) is 12.6. The van der Waals surface area contributed by atoms with Gasteiger partial charge in [-0.05, 0) is 30.7 Å². The van der Waals surface area contributed by atoms with E-state index in [0.29, 0.717) is 17.6 Å². The van der Waals surface area contributed by atoms with E-state index in [4.69, 9.17) is 9.15 Å². The molecule has 0 atom stereocenters. The summed E-state index contributed by atoms with van der Waals surface area (Å²) in [7, 11) is 0. The van der Waals surface area contributed by atoms with Crippen LogP contribution < -0.4 is 5.63 Å². The van der Waals surface area contributed by atoms with Crippen molar-refractivity contribution < 1.29 is 13.9 Å². The second-order valence-corrected chi connectivity index (χ2v) is 5.21. The molecule has 0 radical (unpaired) electrons. The van der Waals surface area contributed by atoms with Gasteiger partial charge in [-0.15, -0.1) is 0 Å². The van der Waals surface area contributed by atoms with Crippen molar-refractivity contribution in [1.29, 1.82) is 0 Å². The monoisotopic (exact) mass is 306 g/mol. The molecule has 0 aliphatic carbocycles. The number of rotatable bonds is 7. The van der Waals surface area contributed by atoms with Crippen LogP contribution in [0.5, 0.6) is 0 Å². The summed E-state index contributed by atoms with van der Waals surface area (Å²) < 4.78 is 10.2. The zero-order valence-electron chi connectivity index (χ0n) is 11.7. The van der Waals surface area contributed by atoms with Crippen molar-refractivity contribution in [3.05, 3.63) is 46.3 Å². The van der Waals surface area contributed by atoms with Gasteiger partial charge in [-0.2, -0.15) is 12.6 Å². The van der Waals surface area contributed by atoms with E-state index in [0.717, 1.165) is 31.4 Å². The first-order chi connectivity index (χ1) is 10.2. The molecule has 0 amide bonds. The van der Waals surface area contributed by atoms with Crippen LogP contribution in [0.4, 0.5) is 0 Å². The van der Waals surface area contributed by atoms with Crippen molar-refractivity contribution in [2.45, 2.75) is 25.7 Å². The predicted molar refractivity (Wildman–Crippen MR) is 85.1 cm³/mol. The first kappa shape index (κ1) is 15.6. The Hall–Kier alpha value is -1.75. The molecule has 5 heteroatoms. The molecule has 1 aromatic carbocycles. The van der Waals surface area contributed by atoms with Crippen molar-refractivity contribution in [2.24, 2.45) is 0 Å². The Balaban J connectivity index is 1.96. The van der Waals surface area contributed by atoms with Gasteiger partial charge >= 0.3 is 11.6 Å². The molecule has 2 aromatic rings. The summed E-state index contributed by atoms with van der Waals surface area (Å²) in [6.45, 7) is 0.317. The number of unbranched alkanes of at least 4 members (excludes halogenated alkanes) is 3. The Bertz CT molecular complexity index is 663. The third-order valence-corrected chi connectivity index (χ3v) is 3.46. The Morgan fingerprint density at radius 3 is 2.71 bits per heavy atom. The molecule has 1 aromatic heterocycles. The maximum absolute atomic E-state index is 11.9. The number of ether oxygens (including phenoxy) is 1. The Labute approximate surface area is 128 Å². The van der Waals surface area contributed by atoms with Crippen LogP contribution in [0.3, 0.4) is 0 Å². The number of esters is 1. The number of benzene rings is 1. The van der Waals surface area contributed by atoms with Crippen molar-refractivity contribution in [2.75, 3.05) is 12.4 Å². The number of para-hydroxylation sites is 1. The summed E-state index contributed by atoms with van der Waals surface area (Å²) in [6, 6.07) is 8.58. The summed E-state index contributed by atoms with van der Waals surface area (Å²) in [4.78, 5) is 23.7. The van der Waals surface area contributed by atoms with E-state index >= 15 is 0 Å². The molecule has 0 unspecified atom stereocenters. The first-order valence-electron chi connectivity index (χ1n) is 7.03. The summed E-state index contributed by atoms with van der Waals surface area (Å²) in [5.74, 6) is 0.251. The number of hydrogen-bond donors (Lipinski definition) is 1. The van der Waals surface area contributed by atoms with E-state index in [1.807, 2.05) is 6.07 Å². The van der Waals surface area contributed by atoms with Crippen molar-refractivity contribution in [3.63, 3.8) is 0 Å². The number of carbonyl (C=O) groups is 1. The van der Waals surface area contributed by atoms with Gasteiger partial charge in [0.15, 0.2) is 0 Å². The maximum Gasteiger partial charge on any atom is 0.351 e. The van der Waals surface area contributed by atoms with Crippen LogP contribution in [0, 0.1) is 0 Å². The topological polar surface area (TPSA) is 56.5 Å². The average molecular weight is 306 g/mol. The summed E-state index contributed by atoms with van der Waals surface area (Å²) in [5, 5.41) is 0.706. The van der Waals surface area contributed by atoms with Crippen LogP contribution in [0.2, 0.25) is 0 Å². The van der Waals surface area contributed by atoms with Crippen LogP contribution >= 0.6 is 12.6 Å². The minimum absolute atomic E-state index is 0.0518. The number of hydrogen-bond acceptors (Lipinski definition) is 5. The molecule has 0 spiro atoms. The summed E-state index contributed by atoms with van der Waals surface area (Å²) in [5.41, 5.74) is -0.247. The van der Waals surface area contributed by atoms with Crippen LogP contribution in [0.15, 0.2) is 39.5 Å². The molecule has 112 valence electrons. The second kappa shape index (κ2) is 7.88. The fraction of sp³-hybridized carbons (Fsp3) is 0.375. The highest BCUT2D eigenvalue weighted by atomic mass is 32.1. The fourth-order valence-corrected chi connectivity index (χ4v) is 2.24. The zero-order chi connectivity index (χ0) is 15.1. The van der Waals surface area contributed by atoms with E-state index in [1.54, 1.807) is 18.2 Å². The third-order valence-electron chi connectivity index (χ3n) is 3.15. The van der Waals surface area contributed by atoms with E-state index < -0.39 is 11.6 Å². The largest absolute Gasteiger partial charge is 0.462 e. The molecule has 0 aliphatic rings. The van der Waals surface area contributed by atoms with Gasteiger partial charge < -0.3 is 9.15 Å². The Morgan fingerprint density at radius 2 is 1.90 bits per heavy atom. The molecule has 0 saturated carbocycles. The number of thiol groups is 1. The second-order valence-electron chi connectivity index (χ2n) is 4.76. The molecule has 2 rings (SSSR count). The van der Waals surface area contributed by atoms with Gasteiger partial charge in [-0.1, -0.05) is 31.0 Å². The molecule has 0 fully saturated rings. The van der Waals surface area contributed by atoms with Gasteiger partial charge in [0.1, 0.15) is 11.1 Å². The molecule has 0 bridgehead atoms. The van der Waals surface area contributed by atoms with Crippen LogP contribution in [0.1, 0.15) is 36.0 Å². The van der Waals surface area contributed by atoms with Crippen LogP contribution in [-0.2, 0) is 4.74 Å². The van der Waals surface area contributed by atoms with E-state index in [1.165, 1.54) is 6.07 Å². The van der Waals surface area contributed by atoms with Gasteiger partial charge in [-0.25, -0.2) is 9.59 Å². The lowest BCUT2D eigenvalue weighted by Gasteiger charge is -2.04. The highest BCUT2D eigenvalue weighted by Gasteiger charge is 2.14. The molecule has 1 heterocycles. The van der Waals surface area contributed by atoms with Gasteiger partial charge in [0.05, 0.1) is 6.61 Å². The number of fused-ring (bicyclic) bond motifs is 1. The summed E-state index contributed by atoms with van der Waals surface area (Å²) in [6.07, 6.45) is 3.91. The van der Waals surface area contributed by atoms with E-state index in [2.05, 4.69) is 12.6 Å². The highest BCUT2D eigenvalue weighted by molar-refractivity contribution is 7.80. The lowest BCUT2D eigenvalue weighted by Crippen LogP contribution is -2.16. The quantitative estimate of drug-likeness (QED) is 0.368.